The molecule has 0 atom stereocenters. The third kappa shape index (κ3) is 3.26. The van der Waals surface area contributed by atoms with E-state index in [0.29, 0.717) is 21.7 Å². The summed E-state index contributed by atoms with van der Waals surface area (Å²) in [6, 6.07) is 12.6. The monoisotopic (exact) mass is 391 g/mol. The molecule has 0 saturated heterocycles. The molecular formula is C19H10ClF4N3. The smallest absolute Gasteiger partial charge is 0.228 e. The van der Waals surface area contributed by atoms with E-state index in [1.165, 1.54) is 30.5 Å². The molecule has 0 fully saturated rings. The van der Waals surface area contributed by atoms with Crippen LogP contribution >= 0.6 is 11.6 Å². The van der Waals surface area contributed by atoms with Crippen LogP contribution in [0.4, 0.5) is 17.6 Å². The lowest BCUT2D eigenvalue weighted by Gasteiger charge is -2.12. The van der Waals surface area contributed by atoms with Crippen LogP contribution in [0.1, 0.15) is 5.69 Å². The second-order valence-corrected chi connectivity index (χ2v) is 6.27. The minimum absolute atomic E-state index is 0.0477. The quantitative estimate of drug-likeness (QED) is 0.400. The third-order valence-corrected chi connectivity index (χ3v) is 4.31. The molecule has 8 heteroatoms. The van der Waals surface area contributed by atoms with Crippen molar-refractivity contribution in [2.24, 2.45) is 0 Å². The highest BCUT2D eigenvalue weighted by Crippen LogP contribution is 2.34. The second-order valence-electron chi connectivity index (χ2n) is 5.83. The van der Waals surface area contributed by atoms with Crippen LogP contribution in [0.25, 0.3) is 28.0 Å². The molecule has 0 saturated carbocycles. The molecule has 0 aliphatic carbocycles. The van der Waals surface area contributed by atoms with Crippen LogP contribution in [0.3, 0.4) is 0 Å². The van der Waals surface area contributed by atoms with Gasteiger partial charge in [-0.25, -0.2) is 13.9 Å². The number of benzene rings is 2. The van der Waals surface area contributed by atoms with Gasteiger partial charge < -0.3 is 0 Å². The maximum absolute atomic E-state index is 13.6. The number of halogens is 5. The minimum atomic E-state index is -4.64. The summed E-state index contributed by atoms with van der Waals surface area (Å²) in [5.41, 5.74) is 0.587. The van der Waals surface area contributed by atoms with Gasteiger partial charge in [-0.3, -0.25) is 0 Å². The molecule has 0 amide bonds. The first kappa shape index (κ1) is 17.5. The zero-order valence-corrected chi connectivity index (χ0v) is 14.3. The van der Waals surface area contributed by atoms with Crippen molar-refractivity contribution in [3.63, 3.8) is 0 Å². The van der Waals surface area contributed by atoms with E-state index in [1.54, 1.807) is 24.3 Å². The molecule has 0 unspecified atom stereocenters. The maximum Gasteiger partial charge on any atom is 0.433 e. The number of alkyl halides is 3. The van der Waals surface area contributed by atoms with E-state index in [0.717, 1.165) is 10.6 Å². The average Bonchev–Trinajstić information content (AvgIpc) is 3.05. The number of hydrogen-bond donors (Lipinski definition) is 0. The Balaban J connectivity index is 1.99. The lowest BCUT2D eigenvalue weighted by atomic mass is 10.1. The van der Waals surface area contributed by atoms with Crippen molar-refractivity contribution in [3.8, 4) is 22.4 Å². The van der Waals surface area contributed by atoms with Gasteiger partial charge in [-0.2, -0.15) is 18.3 Å². The molecule has 0 spiro atoms. The fraction of sp³-hybridized carbons (Fsp3) is 0.0526. The molecule has 0 N–H and O–H groups in total. The molecule has 3 nitrogen and oxygen atoms in total. The Morgan fingerprint density at radius 1 is 0.889 bits per heavy atom. The van der Waals surface area contributed by atoms with Gasteiger partial charge in [0, 0.05) is 16.1 Å². The molecule has 2 aromatic heterocycles. The normalized spacial score (nSPS) is 11.9. The molecule has 0 aliphatic rings. The van der Waals surface area contributed by atoms with Crippen molar-refractivity contribution in [2.45, 2.75) is 6.18 Å². The zero-order chi connectivity index (χ0) is 19.2. The average molecular weight is 392 g/mol. The molecule has 2 aromatic carbocycles. The molecule has 27 heavy (non-hydrogen) atoms. The summed E-state index contributed by atoms with van der Waals surface area (Å²) in [5, 5.41) is 4.38. The highest BCUT2D eigenvalue weighted by molar-refractivity contribution is 6.30. The van der Waals surface area contributed by atoms with Crippen LogP contribution in [0.5, 0.6) is 0 Å². The lowest BCUT2D eigenvalue weighted by Crippen LogP contribution is -2.13. The molecule has 4 aromatic rings. The van der Waals surface area contributed by atoms with Crippen molar-refractivity contribution < 1.29 is 17.6 Å². The summed E-state index contributed by atoms with van der Waals surface area (Å²) in [6.45, 7) is 0. The second kappa shape index (κ2) is 6.35. The van der Waals surface area contributed by atoms with Gasteiger partial charge in [-0.1, -0.05) is 23.7 Å². The fourth-order valence-electron chi connectivity index (χ4n) is 2.77. The van der Waals surface area contributed by atoms with E-state index in [4.69, 9.17) is 11.6 Å². The Kier molecular flexibility index (Phi) is 4.11. The van der Waals surface area contributed by atoms with Crippen LogP contribution in [-0.4, -0.2) is 14.6 Å². The van der Waals surface area contributed by atoms with Crippen LogP contribution in [0.2, 0.25) is 5.02 Å². The van der Waals surface area contributed by atoms with Gasteiger partial charge in [0.2, 0.25) is 0 Å². The van der Waals surface area contributed by atoms with Crippen LogP contribution in [-0.2, 0) is 6.18 Å². The minimum Gasteiger partial charge on any atom is -0.228 e. The first-order valence-electron chi connectivity index (χ1n) is 7.81. The molecule has 2 heterocycles. The summed E-state index contributed by atoms with van der Waals surface area (Å²) < 4.78 is 54.7. The van der Waals surface area contributed by atoms with E-state index >= 15 is 0 Å². The number of hydrogen-bond acceptors (Lipinski definition) is 2. The van der Waals surface area contributed by atoms with Crippen molar-refractivity contribution in [3.05, 3.63) is 77.3 Å². The van der Waals surface area contributed by atoms with E-state index in [9.17, 15) is 17.6 Å². The molecular weight excluding hydrogens is 382 g/mol. The molecule has 4 rings (SSSR count). The van der Waals surface area contributed by atoms with Gasteiger partial charge in [0.05, 0.1) is 11.9 Å². The van der Waals surface area contributed by atoms with Crippen LogP contribution in [0, 0.1) is 5.82 Å². The summed E-state index contributed by atoms with van der Waals surface area (Å²) in [6.07, 6.45) is -3.31. The molecule has 0 radical (unpaired) electrons. The SMILES string of the molecule is Fc1ccc(-c2cc(C(F)(F)F)n3ncc(-c4ccc(Cl)cc4)c3n2)cc1. The Morgan fingerprint density at radius 2 is 1.52 bits per heavy atom. The Hall–Kier alpha value is -2.93. The van der Waals surface area contributed by atoms with E-state index in [-0.39, 0.29) is 11.3 Å². The molecule has 0 bridgehead atoms. The van der Waals surface area contributed by atoms with E-state index < -0.39 is 17.7 Å². The van der Waals surface area contributed by atoms with E-state index in [2.05, 4.69) is 10.1 Å². The van der Waals surface area contributed by atoms with Crippen LogP contribution < -0.4 is 0 Å². The highest BCUT2D eigenvalue weighted by Gasteiger charge is 2.35. The molecule has 0 aliphatic heterocycles. The highest BCUT2D eigenvalue weighted by atomic mass is 35.5. The van der Waals surface area contributed by atoms with Crippen molar-refractivity contribution in [2.75, 3.05) is 0 Å². The maximum atomic E-state index is 13.6. The first-order chi connectivity index (χ1) is 12.8. The molecule has 136 valence electrons. The van der Waals surface area contributed by atoms with Crippen LogP contribution in [0.15, 0.2) is 60.8 Å². The lowest BCUT2D eigenvalue weighted by molar-refractivity contribution is -0.142. The predicted molar refractivity (Wildman–Crippen MR) is 93.8 cm³/mol. The topological polar surface area (TPSA) is 30.2 Å². The number of nitrogens with zero attached hydrogens (tertiary/aromatic N) is 3. The summed E-state index contributed by atoms with van der Waals surface area (Å²) in [4.78, 5) is 4.35. The predicted octanol–water partition coefficient (Wildman–Crippen LogP) is 5.87. The summed E-state index contributed by atoms with van der Waals surface area (Å²) in [5.74, 6) is -0.484. The number of fused-ring (bicyclic) bond motifs is 1. The first-order valence-corrected chi connectivity index (χ1v) is 8.18. The van der Waals surface area contributed by atoms with Gasteiger partial charge in [0.15, 0.2) is 11.3 Å². The van der Waals surface area contributed by atoms with Gasteiger partial charge in [-0.15, -0.1) is 0 Å². The zero-order valence-electron chi connectivity index (χ0n) is 13.5. The van der Waals surface area contributed by atoms with Crippen molar-refractivity contribution in [1.82, 2.24) is 14.6 Å². The largest absolute Gasteiger partial charge is 0.433 e. The fourth-order valence-corrected chi connectivity index (χ4v) is 2.89. The number of rotatable bonds is 2. The van der Waals surface area contributed by atoms with Crippen molar-refractivity contribution >= 4 is 17.2 Å². The Labute approximate surface area is 155 Å². The van der Waals surface area contributed by atoms with E-state index in [1.807, 2.05) is 0 Å². The Morgan fingerprint density at radius 3 is 2.15 bits per heavy atom. The van der Waals surface area contributed by atoms with Gasteiger partial charge in [-0.05, 0) is 48.0 Å². The Bertz CT molecular complexity index is 1120. The van der Waals surface area contributed by atoms with Gasteiger partial charge >= 0.3 is 6.18 Å². The van der Waals surface area contributed by atoms with Gasteiger partial charge in [0.25, 0.3) is 0 Å². The van der Waals surface area contributed by atoms with Crippen molar-refractivity contribution in [1.29, 1.82) is 0 Å². The summed E-state index contributed by atoms with van der Waals surface area (Å²) in [7, 11) is 0. The third-order valence-electron chi connectivity index (χ3n) is 4.06. The standard InChI is InChI=1S/C19H10ClF4N3/c20-13-5-1-11(2-6-13)15-10-25-27-17(19(22,23)24)9-16(26-18(15)27)12-3-7-14(21)8-4-12/h1-10H. The number of aromatic nitrogens is 3. The van der Waals surface area contributed by atoms with Gasteiger partial charge in [0.1, 0.15) is 5.82 Å². The summed E-state index contributed by atoms with van der Waals surface area (Å²) >= 11 is 5.88.